The summed E-state index contributed by atoms with van der Waals surface area (Å²) in [6, 6.07) is 3.58. The standard InChI is InChI=1S/C14H19F3N2O2/c1-21-12-4-2-3-11(20)13(12)10(9-14(15,16)17)19-7-5-18-6-8-19/h2-4,10,18,20H,5-9H2,1H3/t10-/m0/s1. The highest BCUT2D eigenvalue weighted by Gasteiger charge is 2.38. The van der Waals surface area contributed by atoms with E-state index >= 15 is 0 Å². The first-order chi connectivity index (χ1) is 9.92. The Labute approximate surface area is 121 Å². The monoisotopic (exact) mass is 304 g/mol. The van der Waals surface area contributed by atoms with Gasteiger partial charge in [0.2, 0.25) is 0 Å². The molecule has 1 saturated heterocycles. The van der Waals surface area contributed by atoms with E-state index in [1.807, 2.05) is 0 Å². The number of nitrogens with zero attached hydrogens (tertiary/aromatic N) is 1. The van der Waals surface area contributed by atoms with Crippen LogP contribution in [0.25, 0.3) is 0 Å². The van der Waals surface area contributed by atoms with Crippen LogP contribution in [-0.2, 0) is 0 Å². The summed E-state index contributed by atoms with van der Waals surface area (Å²) in [6.07, 6.45) is -5.33. The third kappa shape index (κ3) is 4.01. The third-order valence-corrected chi connectivity index (χ3v) is 3.61. The van der Waals surface area contributed by atoms with Crippen LogP contribution in [0.15, 0.2) is 18.2 Å². The minimum Gasteiger partial charge on any atom is -0.507 e. The number of hydrogen-bond donors (Lipinski definition) is 2. The quantitative estimate of drug-likeness (QED) is 0.896. The number of rotatable bonds is 4. The number of nitrogens with one attached hydrogen (secondary N) is 1. The molecule has 1 aromatic rings. The van der Waals surface area contributed by atoms with Gasteiger partial charge in [-0.15, -0.1) is 0 Å². The number of methoxy groups -OCH3 is 1. The van der Waals surface area contributed by atoms with Gasteiger partial charge in [0.05, 0.1) is 25.1 Å². The molecule has 1 aliphatic heterocycles. The SMILES string of the molecule is COc1cccc(O)c1[C@H](CC(F)(F)F)N1CCNCC1. The first kappa shape index (κ1) is 15.9. The van der Waals surface area contributed by atoms with Crippen LogP contribution in [0.5, 0.6) is 11.5 Å². The molecule has 1 fully saturated rings. The molecule has 0 saturated carbocycles. The highest BCUT2D eigenvalue weighted by Crippen LogP contribution is 2.42. The molecular formula is C14H19F3N2O2. The van der Waals surface area contributed by atoms with E-state index in [-0.39, 0.29) is 17.1 Å². The number of ether oxygens (including phenoxy) is 1. The van der Waals surface area contributed by atoms with E-state index in [1.165, 1.54) is 13.2 Å². The minimum absolute atomic E-state index is 0.165. The van der Waals surface area contributed by atoms with Crippen molar-refractivity contribution in [3.8, 4) is 11.5 Å². The summed E-state index contributed by atoms with van der Waals surface area (Å²) in [4.78, 5) is 1.74. The van der Waals surface area contributed by atoms with Gasteiger partial charge < -0.3 is 15.2 Å². The number of piperazine rings is 1. The molecule has 1 aromatic carbocycles. The number of phenols is 1. The van der Waals surface area contributed by atoms with Gasteiger partial charge in [-0.2, -0.15) is 13.2 Å². The zero-order chi connectivity index (χ0) is 15.5. The van der Waals surface area contributed by atoms with Gasteiger partial charge in [0.25, 0.3) is 0 Å². The fraction of sp³-hybridized carbons (Fsp3) is 0.571. The maximum atomic E-state index is 12.9. The van der Waals surface area contributed by atoms with Crippen molar-refractivity contribution >= 4 is 0 Å². The lowest BCUT2D eigenvalue weighted by Gasteiger charge is -2.36. The van der Waals surface area contributed by atoms with Crippen LogP contribution in [0.1, 0.15) is 18.0 Å². The molecule has 2 N–H and O–H groups in total. The summed E-state index contributed by atoms with van der Waals surface area (Å²) >= 11 is 0. The van der Waals surface area contributed by atoms with Crippen molar-refractivity contribution in [1.82, 2.24) is 10.2 Å². The predicted octanol–water partition coefficient (Wildman–Crippen LogP) is 2.30. The van der Waals surface area contributed by atoms with E-state index in [9.17, 15) is 18.3 Å². The van der Waals surface area contributed by atoms with Crippen molar-refractivity contribution in [2.75, 3.05) is 33.3 Å². The number of aromatic hydroxyl groups is 1. The number of benzene rings is 1. The van der Waals surface area contributed by atoms with Crippen molar-refractivity contribution in [2.45, 2.75) is 18.6 Å². The molecule has 0 unspecified atom stereocenters. The Morgan fingerprint density at radius 3 is 2.57 bits per heavy atom. The van der Waals surface area contributed by atoms with Gasteiger partial charge >= 0.3 is 6.18 Å². The second-order valence-electron chi connectivity index (χ2n) is 5.01. The molecule has 21 heavy (non-hydrogen) atoms. The Balaban J connectivity index is 2.38. The van der Waals surface area contributed by atoms with E-state index in [1.54, 1.807) is 17.0 Å². The molecule has 0 radical (unpaired) electrons. The lowest BCUT2D eigenvalue weighted by Crippen LogP contribution is -2.46. The maximum absolute atomic E-state index is 12.9. The Bertz CT molecular complexity index is 474. The van der Waals surface area contributed by atoms with Crippen molar-refractivity contribution in [3.63, 3.8) is 0 Å². The normalized spacial score (nSPS) is 18.5. The van der Waals surface area contributed by atoms with Gasteiger partial charge in [0, 0.05) is 26.2 Å². The van der Waals surface area contributed by atoms with Gasteiger partial charge in [-0.1, -0.05) is 6.07 Å². The van der Waals surface area contributed by atoms with Gasteiger partial charge in [-0.05, 0) is 12.1 Å². The predicted molar refractivity (Wildman–Crippen MR) is 72.5 cm³/mol. The molecule has 1 atom stereocenters. The summed E-state index contributed by atoms with van der Waals surface area (Å²) in [5.41, 5.74) is 0.208. The van der Waals surface area contributed by atoms with Gasteiger partial charge in [0.15, 0.2) is 0 Å². The maximum Gasteiger partial charge on any atom is 0.390 e. The number of halogens is 3. The van der Waals surface area contributed by atoms with Crippen LogP contribution in [0.3, 0.4) is 0 Å². The largest absolute Gasteiger partial charge is 0.507 e. The Morgan fingerprint density at radius 2 is 2.00 bits per heavy atom. The van der Waals surface area contributed by atoms with E-state index in [4.69, 9.17) is 4.74 Å². The van der Waals surface area contributed by atoms with Crippen LogP contribution in [0, 0.1) is 0 Å². The van der Waals surface area contributed by atoms with Crippen LogP contribution >= 0.6 is 0 Å². The fourth-order valence-corrected chi connectivity index (χ4v) is 2.67. The van der Waals surface area contributed by atoms with Gasteiger partial charge in [0.1, 0.15) is 11.5 Å². The second kappa shape index (κ2) is 6.53. The highest BCUT2D eigenvalue weighted by molar-refractivity contribution is 5.46. The first-order valence-corrected chi connectivity index (χ1v) is 6.80. The summed E-state index contributed by atoms with van der Waals surface area (Å²) in [7, 11) is 1.39. The molecule has 0 spiro atoms. The van der Waals surface area contributed by atoms with Crippen LogP contribution < -0.4 is 10.1 Å². The zero-order valence-corrected chi connectivity index (χ0v) is 11.8. The first-order valence-electron chi connectivity index (χ1n) is 6.80. The second-order valence-corrected chi connectivity index (χ2v) is 5.01. The number of hydrogen-bond acceptors (Lipinski definition) is 4. The molecule has 2 rings (SSSR count). The average molecular weight is 304 g/mol. The Morgan fingerprint density at radius 1 is 1.33 bits per heavy atom. The van der Waals surface area contributed by atoms with E-state index in [0.29, 0.717) is 26.2 Å². The Hall–Kier alpha value is -1.47. The molecule has 0 bridgehead atoms. The molecule has 1 heterocycles. The van der Waals surface area contributed by atoms with Gasteiger partial charge in [-0.25, -0.2) is 0 Å². The van der Waals surface area contributed by atoms with Crippen molar-refractivity contribution in [2.24, 2.45) is 0 Å². The van der Waals surface area contributed by atoms with Crippen molar-refractivity contribution in [3.05, 3.63) is 23.8 Å². The Kier molecular flexibility index (Phi) is 4.95. The molecule has 4 nitrogen and oxygen atoms in total. The third-order valence-electron chi connectivity index (χ3n) is 3.61. The molecule has 1 aliphatic rings. The lowest BCUT2D eigenvalue weighted by molar-refractivity contribution is -0.149. The van der Waals surface area contributed by atoms with Crippen molar-refractivity contribution < 1.29 is 23.0 Å². The number of alkyl halides is 3. The lowest BCUT2D eigenvalue weighted by atomic mass is 9.98. The van der Waals surface area contributed by atoms with E-state index in [2.05, 4.69) is 5.32 Å². The molecular weight excluding hydrogens is 285 g/mol. The van der Waals surface area contributed by atoms with Gasteiger partial charge in [-0.3, -0.25) is 4.90 Å². The minimum atomic E-state index is -4.32. The molecule has 0 aromatic heterocycles. The van der Waals surface area contributed by atoms with Crippen LogP contribution in [0.4, 0.5) is 13.2 Å². The molecule has 0 amide bonds. The summed E-state index contributed by atoms with van der Waals surface area (Å²) < 4.78 is 44.0. The van der Waals surface area contributed by atoms with E-state index in [0.717, 1.165) is 0 Å². The highest BCUT2D eigenvalue weighted by atomic mass is 19.4. The van der Waals surface area contributed by atoms with Crippen molar-refractivity contribution in [1.29, 1.82) is 0 Å². The topological polar surface area (TPSA) is 44.7 Å². The van der Waals surface area contributed by atoms with E-state index < -0.39 is 18.6 Å². The average Bonchev–Trinajstić information content (AvgIpc) is 2.45. The molecule has 7 heteroatoms. The van der Waals surface area contributed by atoms with Crippen LogP contribution in [-0.4, -0.2) is 49.5 Å². The smallest absolute Gasteiger partial charge is 0.390 e. The number of phenolic OH excluding ortho intramolecular Hbond substituents is 1. The van der Waals surface area contributed by atoms with Crippen LogP contribution in [0.2, 0.25) is 0 Å². The molecule has 118 valence electrons. The fourth-order valence-electron chi connectivity index (χ4n) is 2.67. The summed E-state index contributed by atoms with van der Waals surface area (Å²) in [5, 5.41) is 13.1. The zero-order valence-electron chi connectivity index (χ0n) is 11.8. The molecule has 0 aliphatic carbocycles. The summed E-state index contributed by atoms with van der Waals surface area (Å²) in [6.45, 7) is 2.25. The summed E-state index contributed by atoms with van der Waals surface area (Å²) in [5.74, 6) is 0.116.